The van der Waals surface area contributed by atoms with Crippen molar-refractivity contribution in [1.29, 1.82) is 0 Å². The molecule has 1 N–H and O–H groups in total. The number of carbonyl (C=O) groups is 1. The van der Waals surface area contributed by atoms with Gasteiger partial charge in [-0.25, -0.2) is 0 Å². The Balaban J connectivity index is 1.82. The van der Waals surface area contributed by atoms with Gasteiger partial charge >= 0.3 is 6.30 Å². The largest absolute Gasteiger partial charge is 0.489 e. The van der Waals surface area contributed by atoms with Crippen LogP contribution in [0.25, 0.3) is 16.5 Å². The molecular weight excluding hydrogens is 391 g/mol. The monoisotopic (exact) mass is 419 g/mol. The van der Waals surface area contributed by atoms with Gasteiger partial charge in [-0.15, -0.1) is 13.2 Å². The summed E-state index contributed by atoms with van der Waals surface area (Å²) in [5.41, 5.74) is 2.98. The van der Waals surface area contributed by atoms with E-state index in [4.69, 9.17) is 0 Å². The molecule has 0 radical (unpaired) electrons. The zero-order valence-corrected chi connectivity index (χ0v) is 17.8. The molecule has 4 nitrogen and oxygen atoms in total. The summed E-state index contributed by atoms with van der Waals surface area (Å²) in [4.78, 5) is 15.0. The maximum absolute atomic E-state index is 13.8. The van der Waals surface area contributed by atoms with Gasteiger partial charge in [-0.05, 0) is 56.0 Å². The van der Waals surface area contributed by atoms with Crippen molar-refractivity contribution in [2.75, 3.05) is 13.6 Å². The summed E-state index contributed by atoms with van der Waals surface area (Å²) in [7, 11) is 1.95. The molecule has 162 valence electrons. The van der Waals surface area contributed by atoms with Crippen LogP contribution in [0.4, 0.5) is 13.2 Å². The van der Waals surface area contributed by atoms with E-state index in [2.05, 4.69) is 10.2 Å². The summed E-state index contributed by atoms with van der Waals surface area (Å²) in [5.74, 6) is -0.326. The number of nitrogens with zero attached hydrogens (tertiary/aromatic N) is 2. The highest BCUT2D eigenvalue weighted by Crippen LogP contribution is 2.45. The van der Waals surface area contributed by atoms with Crippen molar-refractivity contribution in [2.45, 2.75) is 58.4 Å². The standard InChI is InChI=1S/C23H28F3N3O/c1-5-15(6-2)27-22(30)14-10-18-16-8-7-9-19-21(16)17(11-20(18)28(4)12-14)13(3)29(19)23(24,25)26/h7-10,14-15,20H,5-6,11-12H2,1-4H3,(H,27,30)/t14-,20-/m1/s1. The van der Waals surface area contributed by atoms with E-state index < -0.39 is 6.30 Å². The molecule has 1 aliphatic carbocycles. The number of aromatic nitrogens is 1. The molecule has 2 atom stereocenters. The first kappa shape index (κ1) is 21.0. The van der Waals surface area contributed by atoms with Crippen molar-refractivity contribution in [1.82, 2.24) is 14.8 Å². The summed E-state index contributed by atoms with van der Waals surface area (Å²) in [6.07, 6.45) is -0.216. The molecular formula is C23H28F3N3O. The van der Waals surface area contributed by atoms with Crippen LogP contribution in [0.15, 0.2) is 24.3 Å². The van der Waals surface area contributed by atoms with Crippen molar-refractivity contribution in [2.24, 2.45) is 5.92 Å². The number of alkyl halides is 3. The minimum atomic E-state index is -4.47. The lowest BCUT2D eigenvalue weighted by molar-refractivity contribution is -0.201. The molecule has 4 rings (SSSR count). The summed E-state index contributed by atoms with van der Waals surface area (Å²) < 4.78 is 41.8. The third-order valence-electron chi connectivity index (χ3n) is 6.74. The Morgan fingerprint density at radius 2 is 1.97 bits per heavy atom. The highest BCUT2D eigenvalue weighted by Gasteiger charge is 2.41. The third kappa shape index (κ3) is 3.23. The molecule has 0 fully saturated rings. The predicted molar refractivity (Wildman–Crippen MR) is 112 cm³/mol. The van der Waals surface area contributed by atoms with Crippen LogP contribution in [0.3, 0.4) is 0 Å². The second kappa shape index (κ2) is 7.45. The van der Waals surface area contributed by atoms with E-state index in [9.17, 15) is 18.0 Å². The van der Waals surface area contributed by atoms with Crippen LogP contribution in [0.1, 0.15) is 43.5 Å². The molecule has 0 bridgehead atoms. The fourth-order valence-corrected chi connectivity index (χ4v) is 5.10. The van der Waals surface area contributed by atoms with Crippen LogP contribution in [-0.4, -0.2) is 41.1 Å². The van der Waals surface area contributed by atoms with Gasteiger partial charge in [-0.3, -0.25) is 14.3 Å². The van der Waals surface area contributed by atoms with Crippen molar-refractivity contribution in [3.8, 4) is 0 Å². The molecule has 0 spiro atoms. The topological polar surface area (TPSA) is 37.3 Å². The maximum Gasteiger partial charge on any atom is 0.489 e. The summed E-state index contributed by atoms with van der Waals surface area (Å²) in [6, 6.07) is 5.22. The van der Waals surface area contributed by atoms with Crippen LogP contribution in [0.5, 0.6) is 0 Å². The van der Waals surface area contributed by atoms with Crippen LogP contribution in [0, 0.1) is 12.8 Å². The highest BCUT2D eigenvalue weighted by molar-refractivity contribution is 6.00. The Bertz CT molecular complexity index is 1020. The van der Waals surface area contributed by atoms with Crippen LogP contribution < -0.4 is 5.32 Å². The van der Waals surface area contributed by atoms with Crippen LogP contribution in [0.2, 0.25) is 0 Å². The molecule has 0 saturated heterocycles. The second-order valence-corrected chi connectivity index (χ2v) is 8.48. The maximum atomic E-state index is 13.8. The average molecular weight is 419 g/mol. The van der Waals surface area contributed by atoms with Gasteiger partial charge in [-0.2, -0.15) is 0 Å². The molecule has 0 saturated carbocycles. The number of carbonyl (C=O) groups excluding carboxylic acids is 1. The summed E-state index contributed by atoms with van der Waals surface area (Å²) in [5, 5.41) is 3.79. The Hall–Kier alpha value is -2.28. The third-order valence-corrected chi connectivity index (χ3v) is 6.74. The van der Waals surface area contributed by atoms with E-state index in [-0.39, 0.29) is 35.1 Å². The first-order chi connectivity index (χ1) is 14.2. The van der Waals surface area contributed by atoms with Gasteiger partial charge < -0.3 is 5.32 Å². The van der Waals surface area contributed by atoms with Crippen molar-refractivity contribution < 1.29 is 18.0 Å². The fourth-order valence-electron chi connectivity index (χ4n) is 5.10. The number of hydrogen-bond donors (Lipinski definition) is 1. The van der Waals surface area contributed by atoms with Crippen molar-refractivity contribution in [3.05, 3.63) is 41.1 Å². The highest BCUT2D eigenvalue weighted by atomic mass is 19.4. The lowest BCUT2D eigenvalue weighted by Crippen LogP contribution is -2.48. The molecule has 2 aromatic rings. The number of likely N-dealkylation sites (N-methyl/N-ethyl adjacent to an activating group) is 1. The number of rotatable bonds is 4. The van der Waals surface area contributed by atoms with Gasteiger partial charge in [-0.1, -0.05) is 32.1 Å². The lowest BCUT2D eigenvalue weighted by atomic mass is 9.79. The predicted octanol–water partition coefficient (Wildman–Crippen LogP) is 4.60. The van der Waals surface area contributed by atoms with Gasteiger partial charge in [0.05, 0.1) is 11.4 Å². The van der Waals surface area contributed by atoms with E-state index in [1.54, 1.807) is 13.0 Å². The number of fused-ring (bicyclic) bond motifs is 2. The molecule has 7 heteroatoms. The Labute approximate surface area is 174 Å². The lowest BCUT2D eigenvalue weighted by Gasteiger charge is -2.39. The van der Waals surface area contributed by atoms with Crippen LogP contribution in [-0.2, 0) is 17.5 Å². The summed E-state index contributed by atoms with van der Waals surface area (Å²) in [6.45, 7) is 6.21. The number of hydrogen-bond acceptors (Lipinski definition) is 2. The van der Waals surface area contributed by atoms with Crippen molar-refractivity contribution in [3.63, 3.8) is 0 Å². The van der Waals surface area contributed by atoms with E-state index in [0.717, 1.165) is 29.5 Å². The van der Waals surface area contributed by atoms with E-state index in [1.807, 2.05) is 33.0 Å². The average Bonchev–Trinajstić information content (AvgIpc) is 2.99. The minimum Gasteiger partial charge on any atom is -0.353 e. The first-order valence-electron chi connectivity index (χ1n) is 10.6. The Morgan fingerprint density at radius 3 is 2.60 bits per heavy atom. The van der Waals surface area contributed by atoms with E-state index in [1.165, 1.54) is 6.07 Å². The smallest absolute Gasteiger partial charge is 0.353 e. The molecule has 30 heavy (non-hydrogen) atoms. The molecule has 2 aliphatic rings. The SMILES string of the molecule is CCC(CC)NC(=O)[C@@H]1C=C2c3cccc4c3c(c(C)n4C(F)(F)F)C[C@H]2N(C)C1. The second-order valence-electron chi connectivity index (χ2n) is 8.48. The zero-order chi connectivity index (χ0) is 21.8. The molecule has 1 aliphatic heterocycles. The Kier molecular flexibility index (Phi) is 5.21. The number of amides is 1. The molecule has 2 heterocycles. The zero-order valence-electron chi connectivity index (χ0n) is 17.8. The molecule has 1 aromatic carbocycles. The van der Waals surface area contributed by atoms with Crippen molar-refractivity contribution >= 4 is 22.4 Å². The number of halogens is 3. The first-order valence-corrected chi connectivity index (χ1v) is 10.6. The molecule has 1 amide bonds. The fraction of sp³-hybridized carbons (Fsp3) is 0.522. The molecule has 1 aromatic heterocycles. The van der Waals surface area contributed by atoms with Gasteiger partial charge in [0.2, 0.25) is 5.91 Å². The molecule has 0 unspecified atom stereocenters. The van der Waals surface area contributed by atoms with Crippen LogP contribution >= 0.6 is 0 Å². The Morgan fingerprint density at radius 1 is 1.27 bits per heavy atom. The van der Waals surface area contributed by atoms with E-state index >= 15 is 0 Å². The van der Waals surface area contributed by atoms with Gasteiger partial charge in [0.25, 0.3) is 0 Å². The normalized spacial score (nSPS) is 21.7. The number of nitrogens with one attached hydrogen (secondary N) is 1. The van der Waals surface area contributed by atoms with Gasteiger partial charge in [0.1, 0.15) is 0 Å². The van der Waals surface area contributed by atoms with E-state index in [0.29, 0.717) is 22.9 Å². The minimum absolute atomic E-state index is 0.0106. The quantitative estimate of drug-likeness (QED) is 0.787. The summed E-state index contributed by atoms with van der Waals surface area (Å²) >= 11 is 0. The van der Waals surface area contributed by atoms with Gasteiger partial charge in [0, 0.05) is 29.7 Å². The van der Waals surface area contributed by atoms with Gasteiger partial charge in [0.15, 0.2) is 0 Å². The number of benzene rings is 1.